The highest BCUT2D eigenvalue weighted by Gasteiger charge is 2.46. The van der Waals surface area contributed by atoms with E-state index < -0.39 is 5.60 Å². The van der Waals surface area contributed by atoms with E-state index in [1.807, 2.05) is 12.1 Å². The molecule has 2 aromatic carbocycles. The number of methoxy groups -OCH3 is 1. The van der Waals surface area contributed by atoms with E-state index in [9.17, 15) is 5.11 Å². The Morgan fingerprint density at radius 3 is 2.87 bits per heavy atom. The van der Waals surface area contributed by atoms with Gasteiger partial charge < -0.3 is 24.2 Å². The summed E-state index contributed by atoms with van der Waals surface area (Å²) in [6.07, 6.45) is 8.57. The van der Waals surface area contributed by atoms with Crippen molar-refractivity contribution in [2.45, 2.75) is 62.1 Å². The van der Waals surface area contributed by atoms with Crippen molar-refractivity contribution in [1.29, 1.82) is 0 Å². The average molecular weight is 550 g/mol. The Labute approximate surface area is 237 Å². The summed E-state index contributed by atoms with van der Waals surface area (Å²) in [7, 11) is 1.66. The second-order valence-electron chi connectivity index (χ2n) is 12.1. The standard InChI is InChI=1S/C33H40ClNO4/c1-4-33(36)14-15-38-31(18-33)27-10-7-25(27)19-35-20-32(13-5-6-24-16-26(34)9-11-28(24)32)21-39-30-12-8-23(17-29(30)35)22(2)37-3/h4,8-9,11-12,16-17,25,27,31,36H,1-2,5-7,10,13-15,18-21H2,3H3/t25-,27+,31-,32-,33-/m0/s1. The van der Waals surface area contributed by atoms with Crippen molar-refractivity contribution in [3.05, 3.63) is 77.3 Å². The highest BCUT2D eigenvalue weighted by molar-refractivity contribution is 6.30. The number of hydrogen-bond donors (Lipinski definition) is 1. The van der Waals surface area contributed by atoms with Gasteiger partial charge in [0.2, 0.25) is 0 Å². The molecule has 1 saturated carbocycles. The molecule has 5 atom stereocenters. The van der Waals surface area contributed by atoms with Crippen LogP contribution in [0.3, 0.4) is 0 Å². The van der Waals surface area contributed by atoms with Gasteiger partial charge >= 0.3 is 0 Å². The van der Waals surface area contributed by atoms with Crippen molar-refractivity contribution in [3.8, 4) is 5.75 Å². The Kier molecular flexibility index (Phi) is 7.20. The van der Waals surface area contributed by atoms with Gasteiger partial charge in [0.05, 0.1) is 37.7 Å². The predicted octanol–water partition coefficient (Wildman–Crippen LogP) is 6.55. The summed E-state index contributed by atoms with van der Waals surface area (Å²) in [5.41, 5.74) is 3.85. The molecule has 2 fully saturated rings. The van der Waals surface area contributed by atoms with Crippen LogP contribution in [-0.4, -0.2) is 50.2 Å². The lowest BCUT2D eigenvalue weighted by atomic mass is 9.67. The summed E-state index contributed by atoms with van der Waals surface area (Å²) in [4.78, 5) is 2.55. The van der Waals surface area contributed by atoms with E-state index in [0.29, 0.717) is 43.7 Å². The number of halogens is 1. The lowest BCUT2D eigenvalue weighted by molar-refractivity contribution is -0.125. The highest BCUT2D eigenvalue weighted by Crippen LogP contribution is 2.48. The number of benzene rings is 2. The third-order valence-corrected chi connectivity index (χ3v) is 10.1. The quantitative estimate of drug-likeness (QED) is 0.327. The van der Waals surface area contributed by atoms with Gasteiger partial charge in [-0.15, -0.1) is 6.58 Å². The van der Waals surface area contributed by atoms with Crippen LogP contribution >= 0.6 is 11.6 Å². The number of nitrogens with zero attached hydrogens (tertiary/aromatic N) is 1. The van der Waals surface area contributed by atoms with Crippen molar-refractivity contribution >= 4 is 23.0 Å². The van der Waals surface area contributed by atoms with Crippen molar-refractivity contribution in [1.82, 2.24) is 0 Å². The smallest absolute Gasteiger partial charge is 0.142 e. The summed E-state index contributed by atoms with van der Waals surface area (Å²) in [6.45, 7) is 11.0. The second-order valence-corrected chi connectivity index (χ2v) is 12.5. The van der Waals surface area contributed by atoms with Gasteiger partial charge in [0.15, 0.2) is 0 Å². The van der Waals surface area contributed by atoms with Gasteiger partial charge in [-0.3, -0.25) is 0 Å². The van der Waals surface area contributed by atoms with E-state index >= 15 is 0 Å². The molecule has 1 saturated heterocycles. The topological polar surface area (TPSA) is 51.2 Å². The van der Waals surface area contributed by atoms with E-state index in [-0.39, 0.29) is 11.5 Å². The molecule has 2 aromatic rings. The summed E-state index contributed by atoms with van der Waals surface area (Å²) in [6, 6.07) is 12.7. The van der Waals surface area contributed by atoms with Crippen LogP contribution in [0.1, 0.15) is 55.2 Å². The normalized spacial score (nSPS) is 31.8. The van der Waals surface area contributed by atoms with Gasteiger partial charge in [0.25, 0.3) is 0 Å². The predicted molar refractivity (Wildman–Crippen MR) is 157 cm³/mol. The van der Waals surface area contributed by atoms with E-state index in [1.165, 1.54) is 11.1 Å². The number of aryl methyl sites for hydroxylation is 1. The van der Waals surface area contributed by atoms with Crippen LogP contribution in [0.5, 0.6) is 5.75 Å². The Morgan fingerprint density at radius 1 is 1.23 bits per heavy atom. The molecular formula is C33H40ClNO4. The van der Waals surface area contributed by atoms with Crippen LogP contribution in [0.25, 0.3) is 5.76 Å². The second kappa shape index (κ2) is 10.5. The Balaban J connectivity index is 1.34. The molecule has 4 aliphatic rings. The maximum atomic E-state index is 10.9. The molecule has 6 rings (SSSR count). The monoisotopic (exact) mass is 549 g/mol. The molecule has 0 radical (unpaired) electrons. The molecular weight excluding hydrogens is 510 g/mol. The van der Waals surface area contributed by atoms with Crippen LogP contribution in [-0.2, 0) is 21.3 Å². The number of anilines is 1. The SMILES string of the molecule is C=C[C@]1(O)CCO[C@H]([C@@H]2CC[C@H]2CN2C[C@@]3(CCCc4cc(Cl)ccc43)COc3ccc(C(=C)OC)cc32)C1. The number of ether oxygens (including phenoxy) is 3. The highest BCUT2D eigenvalue weighted by atomic mass is 35.5. The number of rotatable bonds is 6. The maximum Gasteiger partial charge on any atom is 0.142 e. The fourth-order valence-corrected chi connectivity index (χ4v) is 7.55. The number of fused-ring (bicyclic) bond motifs is 3. The molecule has 5 nitrogen and oxygen atoms in total. The zero-order valence-electron chi connectivity index (χ0n) is 23.0. The first kappa shape index (κ1) is 26.7. The Morgan fingerprint density at radius 2 is 2.10 bits per heavy atom. The Hall–Kier alpha value is -2.47. The van der Waals surface area contributed by atoms with E-state index in [0.717, 1.165) is 67.2 Å². The maximum absolute atomic E-state index is 10.9. The van der Waals surface area contributed by atoms with Crippen LogP contribution < -0.4 is 9.64 Å². The molecule has 6 heteroatoms. The van der Waals surface area contributed by atoms with Crippen LogP contribution in [0, 0.1) is 11.8 Å². The van der Waals surface area contributed by atoms with E-state index in [2.05, 4.69) is 42.3 Å². The fourth-order valence-electron chi connectivity index (χ4n) is 7.36. The summed E-state index contributed by atoms with van der Waals surface area (Å²) >= 11 is 6.42. The first-order chi connectivity index (χ1) is 18.8. The molecule has 2 aliphatic heterocycles. The lowest BCUT2D eigenvalue weighted by Crippen LogP contribution is -2.52. The largest absolute Gasteiger partial charge is 0.497 e. The van der Waals surface area contributed by atoms with Gasteiger partial charge in [0, 0.05) is 41.9 Å². The zero-order chi connectivity index (χ0) is 27.2. The molecule has 0 aromatic heterocycles. The third-order valence-electron chi connectivity index (χ3n) is 9.82. The Bertz CT molecular complexity index is 1260. The van der Waals surface area contributed by atoms with Gasteiger partial charge in [-0.2, -0.15) is 0 Å². The number of aliphatic hydroxyl groups is 1. The molecule has 0 unspecified atom stereocenters. The van der Waals surface area contributed by atoms with Gasteiger partial charge in [-0.05, 0) is 85.4 Å². The van der Waals surface area contributed by atoms with E-state index in [1.54, 1.807) is 13.2 Å². The van der Waals surface area contributed by atoms with Gasteiger partial charge in [-0.25, -0.2) is 0 Å². The van der Waals surface area contributed by atoms with Crippen molar-refractivity contribution in [2.75, 3.05) is 38.3 Å². The molecule has 208 valence electrons. The molecule has 1 spiro atoms. The van der Waals surface area contributed by atoms with Crippen molar-refractivity contribution in [2.24, 2.45) is 11.8 Å². The molecule has 2 aliphatic carbocycles. The number of hydrogen-bond acceptors (Lipinski definition) is 5. The molecule has 2 heterocycles. The molecule has 1 N–H and O–H groups in total. The fraction of sp³-hybridized carbons (Fsp3) is 0.515. The lowest BCUT2D eigenvalue weighted by Gasteiger charge is -2.48. The van der Waals surface area contributed by atoms with E-state index in [4.69, 9.17) is 25.8 Å². The zero-order valence-corrected chi connectivity index (χ0v) is 23.7. The van der Waals surface area contributed by atoms with Crippen molar-refractivity contribution in [3.63, 3.8) is 0 Å². The third kappa shape index (κ3) is 4.98. The minimum atomic E-state index is -0.821. The minimum absolute atomic E-state index is 0.0642. The summed E-state index contributed by atoms with van der Waals surface area (Å²) in [5, 5.41) is 11.7. The van der Waals surface area contributed by atoms with Gasteiger partial charge in [-0.1, -0.05) is 30.3 Å². The average Bonchev–Trinajstić information content (AvgIpc) is 3.07. The first-order valence-corrected chi connectivity index (χ1v) is 14.7. The molecule has 0 amide bonds. The first-order valence-electron chi connectivity index (χ1n) is 14.3. The molecule has 39 heavy (non-hydrogen) atoms. The summed E-state index contributed by atoms with van der Waals surface area (Å²) in [5.74, 6) is 2.46. The molecule has 0 bridgehead atoms. The van der Waals surface area contributed by atoms with Crippen molar-refractivity contribution < 1.29 is 19.3 Å². The van der Waals surface area contributed by atoms with Crippen LogP contribution in [0.2, 0.25) is 5.02 Å². The summed E-state index contributed by atoms with van der Waals surface area (Å²) < 4.78 is 18.4. The van der Waals surface area contributed by atoms with Gasteiger partial charge in [0.1, 0.15) is 11.5 Å². The van der Waals surface area contributed by atoms with Crippen LogP contribution in [0.4, 0.5) is 5.69 Å². The van der Waals surface area contributed by atoms with Crippen LogP contribution in [0.15, 0.2) is 55.6 Å². The minimum Gasteiger partial charge on any atom is -0.497 e.